The number of rotatable bonds is 5. The molecule has 1 aromatic heterocycles. The van der Waals surface area contributed by atoms with Crippen molar-refractivity contribution in [1.29, 1.82) is 0 Å². The van der Waals surface area contributed by atoms with Crippen molar-refractivity contribution in [3.8, 4) is 0 Å². The van der Waals surface area contributed by atoms with Gasteiger partial charge in [0.2, 0.25) is 5.91 Å². The SMILES string of the molecule is CN(CC(=O)Nc1ccc(Br)cn1)CC1(O)CCCC1. The molecular formula is C14H20BrN3O2. The molecule has 1 saturated carbocycles. The van der Waals surface area contributed by atoms with E-state index in [1.807, 2.05) is 18.0 Å². The van der Waals surface area contributed by atoms with E-state index in [0.29, 0.717) is 12.4 Å². The zero-order valence-electron chi connectivity index (χ0n) is 11.6. The fraction of sp³-hybridized carbons (Fsp3) is 0.571. The Balaban J connectivity index is 1.80. The van der Waals surface area contributed by atoms with E-state index in [9.17, 15) is 9.90 Å². The number of carbonyl (C=O) groups excluding carboxylic acids is 1. The van der Waals surface area contributed by atoms with Crippen LogP contribution in [0.4, 0.5) is 5.82 Å². The van der Waals surface area contributed by atoms with Crippen LogP contribution in [0.3, 0.4) is 0 Å². The predicted octanol–water partition coefficient (Wildman–Crippen LogP) is 2.02. The van der Waals surface area contributed by atoms with Crippen LogP contribution < -0.4 is 5.32 Å². The monoisotopic (exact) mass is 341 g/mol. The highest BCUT2D eigenvalue weighted by Crippen LogP contribution is 2.29. The lowest BCUT2D eigenvalue weighted by molar-refractivity contribution is -0.117. The van der Waals surface area contributed by atoms with Crippen molar-refractivity contribution in [1.82, 2.24) is 9.88 Å². The van der Waals surface area contributed by atoms with Crippen molar-refractivity contribution in [3.63, 3.8) is 0 Å². The molecule has 1 heterocycles. The van der Waals surface area contributed by atoms with E-state index < -0.39 is 5.60 Å². The summed E-state index contributed by atoms with van der Waals surface area (Å²) in [7, 11) is 1.85. The third-order valence-electron chi connectivity index (χ3n) is 3.51. The molecular weight excluding hydrogens is 322 g/mol. The number of anilines is 1. The lowest BCUT2D eigenvalue weighted by atomic mass is 10.0. The van der Waals surface area contributed by atoms with E-state index in [2.05, 4.69) is 26.2 Å². The van der Waals surface area contributed by atoms with Crippen LogP contribution in [0.1, 0.15) is 25.7 Å². The Morgan fingerprint density at radius 2 is 2.20 bits per heavy atom. The van der Waals surface area contributed by atoms with Crippen molar-refractivity contribution in [2.45, 2.75) is 31.3 Å². The van der Waals surface area contributed by atoms with Crippen LogP contribution in [0.15, 0.2) is 22.8 Å². The average molecular weight is 342 g/mol. The van der Waals surface area contributed by atoms with Gasteiger partial charge in [-0.25, -0.2) is 4.98 Å². The number of nitrogens with zero attached hydrogens (tertiary/aromatic N) is 2. The molecule has 20 heavy (non-hydrogen) atoms. The molecule has 0 aliphatic heterocycles. The second-order valence-corrected chi connectivity index (χ2v) is 6.43. The van der Waals surface area contributed by atoms with Gasteiger partial charge in [-0.05, 0) is 48.0 Å². The molecule has 1 aromatic rings. The van der Waals surface area contributed by atoms with Gasteiger partial charge in [0.15, 0.2) is 0 Å². The minimum Gasteiger partial charge on any atom is -0.389 e. The number of halogens is 1. The lowest BCUT2D eigenvalue weighted by Crippen LogP contribution is -2.42. The van der Waals surface area contributed by atoms with Gasteiger partial charge in [-0.15, -0.1) is 0 Å². The van der Waals surface area contributed by atoms with Crippen molar-refractivity contribution in [2.75, 3.05) is 25.5 Å². The zero-order chi connectivity index (χ0) is 14.6. The van der Waals surface area contributed by atoms with Crippen molar-refractivity contribution >= 4 is 27.7 Å². The van der Waals surface area contributed by atoms with Gasteiger partial charge in [-0.2, -0.15) is 0 Å². The quantitative estimate of drug-likeness (QED) is 0.859. The molecule has 1 aliphatic carbocycles. The first-order chi connectivity index (χ1) is 9.47. The largest absolute Gasteiger partial charge is 0.389 e. The highest BCUT2D eigenvalue weighted by atomic mass is 79.9. The molecule has 5 nitrogen and oxygen atoms in total. The van der Waals surface area contributed by atoms with Crippen molar-refractivity contribution < 1.29 is 9.90 Å². The van der Waals surface area contributed by atoms with E-state index >= 15 is 0 Å². The maximum absolute atomic E-state index is 11.9. The van der Waals surface area contributed by atoms with Crippen LogP contribution >= 0.6 is 15.9 Å². The number of hydrogen-bond acceptors (Lipinski definition) is 4. The van der Waals surface area contributed by atoms with Crippen LogP contribution in [0.2, 0.25) is 0 Å². The van der Waals surface area contributed by atoms with Crippen LogP contribution in [-0.2, 0) is 4.79 Å². The Morgan fingerprint density at radius 1 is 1.50 bits per heavy atom. The van der Waals surface area contributed by atoms with Gasteiger partial charge in [-0.1, -0.05) is 12.8 Å². The zero-order valence-corrected chi connectivity index (χ0v) is 13.2. The third kappa shape index (κ3) is 4.54. The first-order valence-electron chi connectivity index (χ1n) is 6.79. The van der Waals surface area contributed by atoms with E-state index in [-0.39, 0.29) is 12.5 Å². The molecule has 0 aromatic carbocycles. The maximum Gasteiger partial charge on any atom is 0.239 e. The van der Waals surface area contributed by atoms with Crippen molar-refractivity contribution in [3.05, 3.63) is 22.8 Å². The first kappa shape index (κ1) is 15.4. The number of likely N-dealkylation sites (N-methyl/N-ethyl adjacent to an activating group) is 1. The van der Waals surface area contributed by atoms with Gasteiger partial charge in [0.25, 0.3) is 0 Å². The predicted molar refractivity (Wildman–Crippen MR) is 81.5 cm³/mol. The normalized spacial score (nSPS) is 17.4. The van der Waals surface area contributed by atoms with E-state index in [0.717, 1.165) is 30.2 Å². The molecule has 0 spiro atoms. The molecule has 110 valence electrons. The molecule has 2 N–H and O–H groups in total. The second kappa shape index (κ2) is 6.65. The summed E-state index contributed by atoms with van der Waals surface area (Å²) in [5.74, 6) is 0.412. The summed E-state index contributed by atoms with van der Waals surface area (Å²) >= 11 is 3.30. The van der Waals surface area contributed by atoms with Crippen LogP contribution in [-0.4, -0.2) is 46.6 Å². The minimum absolute atomic E-state index is 0.121. The molecule has 0 bridgehead atoms. The molecule has 1 fully saturated rings. The topological polar surface area (TPSA) is 65.5 Å². The van der Waals surface area contributed by atoms with Gasteiger partial charge in [-0.3, -0.25) is 9.69 Å². The Bertz CT molecular complexity index is 458. The fourth-order valence-electron chi connectivity index (χ4n) is 2.63. The number of aromatic nitrogens is 1. The van der Waals surface area contributed by atoms with Gasteiger partial charge < -0.3 is 10.4 Å². The average Bonchev–Trinajstić information content (AvgIpc) is 2.78. The minimum atomic E-state index is -0.620. The smallest absolute Gasteiger partial charge is 0.239 e. The van der Waals surface area contributed by atoms with E-state index in [4.69, 9.17) is 0 Å². The van der Waals surface area contributed by atoms with Gasteiger partial charge in [0.05, 0.1) is 12.1 Å². The Labute approximate surface area is 127 Å². The third-order valence-corrected chi connectivity index (χ3v) is 3.98. The Hall–Kier alpha value is -0.980. The lowest BCUT2D eigenvalue weighted by Gasteiger charge is -2.28. The van der Waals surface area contributed by atoms with Gasteiger partial charge in [0.1, 0.15) is 5.82 Å². The summed E-state index contributed by atoms with van der Waals surface area (Å²) in [5, 5.41) is 13.0. The van der Waals surface area contributed by atoms with Gasteiger partial charge >= 0.3 is 0 Å². The van der Waals surface area contributed by atoms with Crippen LogP contribution in [0.25, 0.3) is 0 Å². The first-order valence-corrected chi connectivity index (χ1v) is 7.58. The second-order valence-electron chi connectivity index (χ2n) is 5.51. The summed E-state index contributed by atoms with van der Waals surface area (Å²) in [6, 6.07) is 3.57. The highest BCUT2D eigenvalue weighted by Gasteiger charge is 2.32. The Kier molecular flexibility index (Phi) is 5.12. The summed E-state index contributed by atoms with van der Waals surface area (Å²) in [6.45, 7) is 0.786. The summed E-state index contributed by atoms with van der Waals surface area (Å²) in [6.07, 6.45) is 5.43. The summed E-state index contributed by atoms with van der Waals surface area (Å²) in [4.78, 5) is 17.9. The maximum atomic E-state index is 11.9. The number of pyridine rings is 1. The molecule has 1 amide bonds. The summed E-state index contributed by atoms with van der Waals surface area (Å²) < 4.78 is 0.871. The number of nitrogens with one attached hydrogen (secondary N) is 1. The fourth-order valence-corrected chi connectivity index (χ4v) is 2.86. The molecule has 1 aliphatic rings. The molecule has 6 heteroatoms. The molecule has 0 atom stereocenters. The Morgan fingerprint density at radius 3 is 2.80 bits per heavy atom. The van der Waals surface area contributed by atoms with E-state index in [1.54, 1.807) is 12.3 Å². The molecule has 0 radical (unpaired) electrons. The van der Waals surface area contributed by atoms with Gasteiger partial charge in [0, 0.05) is 17.2 Å². The number of aliphatic hydroxyl groups is 1. The molecule has 2 rings (SSSR count). The standard InChI is InChI=1S/C14H20BrN3O2/c1-18(10-14(20)6-2-3-7-14)9-13(19)17-12-5-4-11(15)8-16-12/h4-5,8,20H,2-3,6-7,9-10H2,1H3,(H,16,17,19). The highest BCUT2D eigenvalue weighted by molar-refractivity contribution is 9.10. The van der Waals surface area contributed by atoms with Crippen molar-refractivity contribution in [2.24, 2.45) is 0 Å². The van der Waals surface area contributed by atoms with E-state index in [1.165, 1.54) is 0 Å². The van der Waals surface area contributed by atoms with Crippen LogP contribution in [0.5, 0.6) is 0 Å². The van der Waals surface area contributed by atoms with Crippen LogP contribution in [0, 0.1) is 0 Å². The molecule has 0 saturated heterocycles. The number of carbonyl (C=O) groups is 1. The summed E-state index contributed by atoms with van der Waals surface area (Å²) in [5.41, 5.74) is -0.620. The molecule has 0 unspecified atom stereocenters. The number of amides is 1. The number of hydrogen-bond donors (Lipinski definition) is 2.